The second-order valence-electron chi connectivity index (χ2n) is 5.82. The molecule has 1 N–H and O–H groups in total. The van der Waals surface area contributed by atoms with Gasteiger partial charge in [0.25, 0.3) is 0 Å². The molecule has 0 saturated heterocycles. The zero-order chi connectivity index (χ0) is 13.0. The standard InChI is InChI=1S/C17H27N/c1-4-14(5-2)12-18-17(16-10-11-16)15-8-6-13(3)7-9-15/h6-9,14,16-18H,4-5,10-12H2,1-3H3. The van der Waals surface area contributed by atoms with E-state index in [2.05, 4.69) is 50.4 Å². The minimum absolute atomic E-state index is 0.589. The molecule has 0 radical (unpaired) electrons. The summed E-state index contributed by atoms with van der Waals surface area (Å²) in [5.41, 5.74) is 2.84. The maximum Gasteiger partial charge on any atom is 0.0348 e. The largest absolute Gasteiger partial charge is 0.309 e. The van der Waals surface area contributed by atoms with Crippen LogP contribution in [-0.2, 0) is 0 Å². The smallest absolute Gasteiger partial charge is 0.0348 e. The van der Waals surface area contributed by atoms with Crippen molar-refractivity contribution in [2.75, 3.05) is 6.54 Å². The number of rotatable bonds is 7. The van der Waals surface area contributed by atoms with Gasteiger partial charge in [-0.2, -0.15) is 0 Å². The van der Waals surface area contributed by atoms with E-state index in [0.29, 0.717) is 6.04 Å². The maximum absolute atomic E-state index is 3.82. The second-order valence-corrected chi connectivity index (χ2v) is 5.82. The van der Waals surface area contributed by atoms with Gasteiger partial charge in [0.1, 0.15) is 0 Å². The minimum Gasteiger partial charge on any atom is -0.309 e. The summed E-state index contributed by atoms with van der Waals surface area (Å²) in [6, 6.07) is 9.68. The van der Waals surface area contributed by atoms with Gasteiger partial charge in [0.05, 0.1) is 0 Å². The number of aryl methyl sites for hydroxylation is 1. The molecule has 1 fully saturated rings. The molecule has 1 aromatic carbocycles. The van der Waals surface area contributed by atoms with E-state index in [1.807, 2.05) is 0 Å². The molecule has 1 heteroatoms. The van der Waals surface area contributed by atoms with E-state index in [-0.39, 0.29) is 0 Å². The van der Waals surface area contributed by atoms with Gasteiger partial charge in [-0.25, -0.2) is 0 Å². The van der Waals surface area contributed by atoms with Crippen LogP contribution in [0.4, 0.5) is 0 Å². The molecule has 1 aliphatic carbocycles. The molecule has 2 rings (SSSR count). The summed E-state index contributed by atoms with van der Waals surface area (Å²) in [4.78, 5) is 0. The summed E-state index contributed by atoms with van der Waals surface area (Å²) in [6.45, 7) is 7.93. The fourth-order valence-corrected chi connectivity index (χ4v) is 2.63. The molecule has 1 atom stereocenters. The summed E-state index contributed by atoms with van der Waals surface area (Å²) in [5.74, 6) is 1.71. The van der Waals surface area contributed by atoms with Gasteiger partial charge in [-0.1, -0.05) is 56.5 Å². The average molecular weight is 245 g/mol. The monoisotopic (exact) mass is 245 g/mol. The van der Waals surface area contributed by atoms with Crippen molar-refractivity contribution in [3.63, 3.8) is 0 Å². The van der Waals surface area contributed by atoms with E-state index < -0.39 is 0 Å². The molecule has 1 aliphatic rings. The predicted molar refractivity (Wildman–Crippen MR) is 78.7 cm³/mol. The zero-order valence-corrected chi connectivity index (χ0v) is 12.1. The van der Waals surface area contributed by atoms with Crippen LogP contribution in [0.25, 0.3) is 0 Å². The van der Waals surface area contributed by atoms with Crippen LogP contribution in [0.3, 0.4) is 0 Å². The van der Waals surface area contributed by atoms with Crippen molar-refractivity contribution in [1.82, 2.24) is 5.32 Å². The van der Waals surface area contributed by atoms with E-state index in [4.69, 9.17) is 0 Å². The number of hydrogen-bond donors (Lipinski definition) is 1. The van der Waals surface area contributed by atoms with Gasteiger partial charge in [0, 0.05) is 6.04 Å². The molecule has 1 saturated carbocycles. The first-order valence-electron chi connectivity index (χ1n) is 7.54. The summed E-state index contributed by atoms with van der Waals surface area (Å²) in [5, 5.41) is 3.82. The van der Waals surface area contributed by atoms with Gasteiger partial charge < -0.3 is 5.32 Å². The normalized spacial score (nSPS) is 17.1. The molecule has 0 aromatic heterocycles. The number of nitrogens with one attached hydrogen (secondary N) is 1. The Morgan fingerprint density at radius 1 is 1.11 bits per heavy atom. The van der Waals surface area contributed by atoms with E-state index in [1.165, 1.54) is 43.4 Å². The van der Waals surface area contributed by atoms with E-state index in [9.17, 15) is 0 Å². The lowest BCUT2D eigenvalue weighted by Gasteiger charge is -2.22. The van der Waals surface area contributed by atoms with Crippen molar-refractivity contribution in [2.45, 2.75) is 52.5 Å². The van der Waals surface area contributed by atoms with Gasteiger partial charge in [0.2, 0.25) is 0 Å². The van der Waals surface area contributed by atoms with Gasteiger partial charge >= 0.3 is 0 Å². The third-order valence-electron chi connectivity index (χ3n) is 4.31. The quantitative estimate of drug-likeness (QED) is 0.747. The van der Waals surface area contributed by atoms with E-state index in [1.54, 1.807) is 0 Å². The zero-order valence-electron chi connectivity index (χ0n) is 12.1. The first-order chi connectivity index (χ1) is 8.74. The molecule has 1 unspecified atom stereocenters. The third-order valence-corrected chi connectivity index (χ3v) is 4.31. The third kappa shape index (κ3) is 3.58. The van der Waals surface area contributed by atoms with Crippen molar-refractivity contribution < 1.29 is 0 Å². The van der Waals surface area contributed by atoms with Gasteiger partial charge in [-0.15, -0.1) is 0 Å². The van der Waals surface area contributed by atoms with Crippen LogP contribution in [0.5, 0.6) is 0 Å². The maximum atomic E-state index is 3.82. The topological polar surface area (TPSA) is 12.0 Å². The Morgan fingerprint density at radius 3 is 2.22 bits per heavy atom. The summed E-state index contributed by atoms with van der Waals surface area (Å²) in [6.07, 6.45) is 5.37. The molecule has 0 spiro atoms. The van der Waals surface area contributed by atoms with Crippen molar-refractivity contribution in [3.05, 3.63) is 35.4 Å². The highest BCUT2D eigenvalue weighted by Gasteiger charge is 2.32. The van der Waals surface area contributed by atoms with Crippen LogP contribution in [0.1, 0.15) is 56.7 Å². The molecule has 0 amide bonds. The second kappa shape index (κ2) is 6.38. The SMILES string of the molecule is CCC(CC)CNC(c1ccc(C)cc1)C1CC1. The van der Waals surface area contributed by atoms with Gasteiger partial charge in [-0.3, -0.25) is 0 Å². The Bertz CT molecular complexity index is 346. The average Bonchev–Trinajstić information content (AvgIpc) is 3.21. The minimum atomic E-state index is 0.589. The molecule has 0 aliphatic heterocycles. The highest BCUT2D eigenvalue weighted by Crippen LogP contribution is 2.41. The molecule has 0 bridgehead atoms. The Labute approximate surface area is 112 Å². The Hall–Kier alpha value is -0.820. The van der Waals surface area contributed by atoms with Crippen molar-refractivity contribution in [2.24, 2.45) is 11.8 Å². The lowest BCUT2D eigenvalue weighted by Crippen LogP contribution is -2.28. The molecule has 18 heavy (non-hydrogen) atoms. The molecule has 0 heterocycles. The van der Waals surface area contributed by atoms with Crippen molar-refractivity contribution >= 4 is 0 Å². The predicted octanol–water partition coefficient (Wildman–Crippen LogP) is 4.47. The van der Waals surface area contributed by atoms with Gasteiger partial charge in [0.15, 0.2) is 0 Å². The van der Waals surface area contributed by atoms with Crippen LogP contribution in [0.15, 0.2) is 24.3 Å². The Kier molecular flexibility index (Phi) is 4.82. The lowest BCUT2D eigenvalue weighted by molar-refractivity contribution is 0.391. The Morgan fingerprint density at radius 2 is 1.72 bits per heavy atom. The number of benzene rings is 1. The van der Waals surface area contributed by atoms with Crippen molar-refractivity contribution in [3.8, 4) is 0 Å². The first kappa shape index (κ1) is 13.6. The number of hydrogen-bond acceptors (Lipinski definition) is 1. The summed E-state index contributed by atoms with van der Waals surface area (Å²) >= 11 is 0. The highest BCUT2D eigenvalue weighted by atomic mass is 14.9. The van der Waals surface area contributed by atoms with Gasteiger partial charge in [-0.05, 0) is 43.7 Å². The molecule has 100 valence electrons. The fraction of sp³-hybridized carbons (Fsp3) is 0.647. The summed E-state index contributed by atoms with van der Waals surface area (Å²) < 4.78 is 0. The van der Waals surface area contributed by atoms with Crippen molar-refractivity contribution in [1.29, 1.82) is 0 Å². The lowest BCUT2D eigenvalue weighted by atomic mass is 9.98. The van der Waals surface area contributed by atoms with Crippen LogP contribution in [0.2, 0.25) is 0 Å². The molecule has 1 nitrogen and oxygen atoms in total. The first-order valence-corrected chi connectivity index (χ1v) is 7.54. The van der Waals surface area contributed by atoms with Crippen LogP contribution in [0, 0.1) is 18.8 Å². The molecule has 1 aromatic rings. The molecular weight excluding hydrogens is 218 g/mol. The fourth-order valence-electron chi connectivity index (χ4n) is 2.63. The Balaban J connectivity index is 1.98. The van der Waals surface area contributed by atoms with E-state index in [0.717, 1.165) is 11.8 Å². The van der Waals surface area contributed by atoms with Crippen LogP contribution < -0.4 is 5.32 Å². The van der Waals surface area contributed by atoms with Crippen LogP contribution >= 0.6 is 0 Å². The highest BCUT2D eigenvalue weighted by molar-refractivity contribution is 5.25. The molecular formula is C17H27N. The summed E-state index contributed by atoms with van der Waals surface area (Å²) in [7, 11) is 0. The van der Waals surface area contributed by atoms with E-state index >= 15 is 0 Å². The van der Waals surface area contributed by atoms with Crippen LogP contribution in [-0.4, -0.2) is 6.54 Å².